The van der Waals surface area contributed by atoms with Gasteiger partial charge < -0.3 is 25.6 Å². The van der Waals surface area contributed by atoms with Gasteiger partial charge in [0.1, 0.15) is 0 Å². The molecular formula is C22H25F3N2O10. The van der Waals surface area contributed by atoms with E-state index in [1.54, 1.807) is 0 Å². The van der Waals surface area contributed by atoms with E-state index in [1.807, 2.05) is 0 Å². The highest BCUT2D eigenvalue weighted by atomic mass is 19.4. The zero-order chi connectivity index (χ0) is 27.6. The number of benzene rings is 1. The summed E-state index contributed by atoms with van der Waals surface area (Å²) in [7, 11) is 0. The number of Topliss-reactive ketones (excluding diaryl/α,β-unsaturated/α-hetero) is 1. The van der Waals surface area contributed by atoms with E-state index in [1.165, 1.54) is 18.2 Å². The number of alkyl halides is 3. The molecule has 0 radical (unpaired) electrons. The molecule has 2 aliphatic rings. The van der Waals surface area contributed by atoms with Gasteiger partial charge in [-0.15, -0.1) is 0 Å². The largest absolute Gasteiger partial charge is 0.490 e. The highest BCUT2D eigenvalue weighted by Crippen LogP contribution is 2.36. The fourth-order valence-electron chi connectivity index (χ4n) is 3.65. The molecular weight excluding hydrogens is 509 g/mol. The van der Waals surface area contributed by atoms with Gasteiger partial charge in [0.15, 0.2) is 30.0 Å². The molecule has 0 spiro atoms. The van der Waals surface area contributed by atoms with E-state index in [-0.39, 0.29) is 29.5 Å². The number of hydrogen-bond acceptors (Lipinski definition) is 10. The average Bonchev–Trinajstić information content (AvgIpc) is 2.85. The molecule has 0 bridgehead atoms. The molecule has 1 aliphatic carbocycles. The summed E-state index contributed by atoms with van der Waals surface area (Å²) in [6, 6.07) is 4.30. The lowest BCUT2D eigenvalue weighted by atomic mass is 9.79. The third kappa shape index (κ3) is 8.80. The Kier molecular flexibility index (Phi) is 11.0. The van der Waals surface area contributed by atoms with Gasteiger partial charge in [-0.05, 0) is 56.2 Å². The monoisotopic (exact) mass is 534 g/mol. The third-order valence-electron chi connectivity index (χ3n) is 5.53. The van der Waals surface area contributed by atoms with Crippen LogP contribution < -0.4 is 20.5 Å². The number of fused-ring (bicyclic) bond motifs is 1. The van der Waals surface area contributed by atoms with Gasteiger partial charge in [0.2, 0.25) is 6.41 Å². The molecule has 1 heterocycles. The summed E-state index contributed by atoms with van der Waals surface area (Å²) >= 11 is 0. The Morgan fingerprint density at radius 2 is 1.78 bits per heavy atom. The maximum absolute atomic E-state index is 12.8. The molecule has 3 rings (SSSR count). The lowest BCUT2D eigenvalue weighted by Gasteiger charge is -2.31. The highest BCUT2D eigenvalue weighted by Gasteiger charge is 2.38. The molecule has 4 N–H and O–H groups in total. The van der Waals surface area contributed by atoms with Gasteiger partial charge in [0.05, 0.1) is 12.1 Å². The van der Waals surface area contributed by atoms with Crippen molar-refractivity contribution >= 4 is 30.1 Å². The summed E-state index contributed by atoms with van der Waals surface area (Å²) in [6.45, 7) is -0.289. The molecule has 0 saturated heterocycles. The number of carboxylic acids is 1. The van der Waals surface area contributed by atoms with Crippen LogP contribution in [0.3, 0.4) is 0 Å². The molecule has 1 aromatic carbocycles. The van der Waals surface area contributed by atoms with E-state index in [0.29, 0.717) is 31.7 Å². The van der Waals surface area contributed by atoms with Crippen LogP contribution in [0.5, 0.6) is 11.5 Å². The minimum absolute atomic E-state index is 0.00973. The van der Waals surface area contributed by atoms with Crippen LogP contribution in [-0.2, 0) is 29.0 Å². The number of halogens is 3. The number of ether oxygens (including phenoxy) is 2. The number of hydrogen-bond donors (Lipinski definition) is 3. The van der Waals surface area contributed by atoms with Crippen LogP contribution in [0.1, 0.15) is 36.0 Å². The normalized spacial score (nSPS) is 22.2. The first kappa shape index (κ1) is 29.7. The van der Waals surface area contributed by atoms with E-state index in [2.05, 4.69) is 5.32 Å². The topological polar surface area (TPSA) is 181 Å². The predicted molar refractivity (Wildman–Crippen MR) is 115 cm³/mol. The van der Waals surface area contributed by atoms with Crippen molar-refractivity contribution in [2.75, 3.05) is 19.7 Å². The van der Waals surface area contributed by atoms with Crippen molar-refractivity contribution in [1.82, 2.24) is 5.32 Å². The second kappa shape index (κ2) is 13.7. The number of aliphatic carboxylic acids is 1. The summed E-state index contributed by atoms with van der Waals surface area (Å²) in [5, 5.41) is 9.38. The maximum atomic E-state index is 12.8. The van der Waals surface area contributed by atoms with Crippen molar-refractivity contribution < 1.29 is 61.5 Å². The molecule has 1 unspecified atom stereocenters. The number of nitrogens with two attached hydrogens (primary N) is 1. The molecule has 1 saturated carbocycles. The number of carbonyl (C=O) groups is 5. The quantitative estimate of drug-likeness (QED) is 0.157. The Labute approximate surface area is 208 Å². The molecule has 15 heteroatoms. The van der Waals surface area contributed by atoms with Crippen LogP contribution in [-0.4, -0.2) is 67.2 Å². The summed E-state index contributed by atoms with van der Waals surface area (Å²) in [6.07, 6.45) is -2.61. The van der Waals surface area contributed by atoms with Crippen LogP contribution in [0.4, 0.5) is 13.2 Å². The third-order valence-corrected chi connectivity index (χ3v) is 5.53. The Hall–Kier alpha value is -3.56. The Morgan fingerprint density at radius 1 is 1.14 bits per heavy atom. The van der Waals surface area contributed by atoms with E-state index in [0.717, 1.165) is 12.8 Å². The SMILES string of the molecule is NCC1CCC(C2OOCC(=O)Oc3c(cccc3C(=O)CNC=O)OC2=O)CC1.O=C(O)C(F)(F)F. The maximum Gasteiger partial charge on any atom is 0.490 e. The van der Waals surface area contributed by atoms with Crippen LogP contribution in [0.15, 0.2) is 18.2 Å². The number of para-hydroxylation sites is 1. The lowest BCUT2D eigenvalue weighted by Crippen LogP contribution is -2.39. The number of nitrogens with one attached hydrogen (secondary N) is 1. The molecule has 1 fully saturated rings. The standard InChI is InChI=1S/C20H24N2O8.C2HF3O2/c21-8-12-4-6-13(7-5-12)18-20(26)28-16-3-1-2-14(15(24)9-22-11-23)19(16)29-17(25)10-27-30-18;3-2(4,5)1(6)7/h1-3,11-13,18H,4-10,21H2,(H,22,23);(H,6,7). The first-order chi connectivity index (χ1) is 17.5. The van der Waals surface area contributed by atoms with Gasteiger partial charge in [-0.3, -0.25) is 9.59 Å². The minimum Gasteiger partial charge on any atom is -0.475 e. The Morgan fingerprint density at radius 3 is 2.35 bits per heavy atom. The minimum atomic E-state index is -5.08. The number of carbonyl (C=O) groups excluding carboxylic acids is 4. The van der Waals surface area contributed by atoms with Gasteiger partial charge in [0, 0.05) is 0 Å². The van der Waals surface area contributed by atoms with Crippen LogP contribution >= 0.6 is 0 Å². The van der Waals surface area contributed by atoms with Crippen LogP contribution in [0.2, 0.25) is 0 Å². The fraction of sp³-hybridized carbons (Fsp3) is 0.500. The van der Waals surface area contributed by atoms with E-state index in [4.69, 9.17) is 34.9 Å². The average molecular weight is 534 g/mol. The highest BCUT2D eigenvalue weighted by molar-refractivity contribution is 6.02. The lowest BCUT2D eigenvalue weighted by molar-refractivity contribution is -0.326. The van der Waals surface area contributed by atoms with Gasteiger partial charge in [-0.25, -0.2) is 24.2 Å². The molecule has 12 nitrogen and oxygen atoms in total. The fourth-order valence-corrected chi connectivity index (χ4v) is 3.65. The van der Waals surface area contributed by atoms with E-state index >= 15 is 0 Å². The second-order valence-corrected chi connectivity index (χ2v) is 8.05. The predicted octanol–water partition coefficient (Wildman–Crippen LogP) is 1.15. The summed E-state index contributed by atoms with van der Waals surface area (Å²) in [5.74, 6) is -4.85. The molecule has 0 aromatic heterocycles. The second-order valence-electron chi connectivity index (χ2n) is 8.05. The molecule has 204 valence electrons. The zero-order valence-electron chi connectivity index (χ0n) is 19.3. The number of rotatable bonds is 6. The number of ketones is 1. The van der Waals surface area contributed by atoms with E-state index < -0.39 is 42.6 Å². The van der Waals surface area contributed by atoms with Gasteiger partial charge in [0.25, 0.3) is 0 Å². The van der Waals surface area contributed by atoms with E-state index in [9.17, 15) is 32.3 Å². The molecule has 37 heavy (non-hydrogen) atoms. The van der Waals surface area contributed by atoms with Crippen LogP contribution in [0.25, 0.3) is 0 Å². The number of carboxylic acid groups (broad SMARTS) is 1. The molecule has 1 amide bonds. The molecule has 1 aliphatic heterocycles. The van der Waals surface area contributed by atoms with Gasteiger partial charge in [-0.2, -0.15) is 13.2 Å². The zero-order valence-corrected chi connectivity index (χ0v) is 19.3. The summed E-state index contributed by atoms with van der Waals surface area (Å²) < 4.78 is 42.4. The first-order valence-corrected chi connectivity index (χ1v) is 11.0. The van der Waals surface area contributed by atoms with Crippen molar-refractivity contribution in [2.45, 2.75) is 38.0 Å². The van der Waals surface area contributed by atoms with Crippen molar-refractivity contribution in [3.8, 4) is 11.5 Å². The van der Waals surface area contributed by atoms with Gasteiger partial charge in [-0.1, -0.05) is 6.07 Å². The van der Waals surface area contributed by atoms with Crippen molar-refractivity contribution in [3.05, 3.63) is 23.8 Å². The number of amides is 1. The smallest absolute Gasteiger partial charge is 0.475 e. The van der Waals surface area contributed by atoms with Crippen molar-refractivity contribution in [1.29, 1.82) is 0 Å². The first-order valence-electron chi connectivity index (χ1n) is 11.0. The van der Waals surface area contributed by atoms with Crippen molar-refractivity contribution in [2.24, 2.45) is 17.6 Å². The molecule has 1 aromatic rings. The summed E-state index contributed by atoms with van der Waals surface area (Å²) in [5.41, 5.74) is 5.72. The molecule has 1 atom stereocenters. The van der Waals surface area contributed by atoms with Gasteiger partial charge >= 0.3 is 24.1 Å². The van der Waals surface area contributed by atoms with Crippen LogP contribution in [0, 0.1) is 11.8 Å². The summed E-state index contributed by atoms with van der Waals surface area (Å²) in [4.78, 5) is 66.9. The van der Waals surface area contributed by atoms with Crippen molar-refractivity contribution in [3.63, 3.8) is 0 Å². The number of esters is 2. The Balaban J connectivity index is 0.000000604. The Bertz CT molecular complexity index is 993.